The van der Waals surface area contributed by atoms with Crippen LogP contribution in [0, 0.1) is 13.8 Å². The fraction of sp³-hybridized carbons (Fsp3) is 0.160. The van der Waals surface area contributed by atoms with Gasteiger partial charge in [-0.05, 0) is 154 Å². The molecular weight excluding hydrogens is 629 g/mol. The van der Waals surface area contributed by atoms with Crippen molar-refractivity contribution < 1.29 is 0 Å². The van der Waals surface area contributed by atoms with E-state index in [9.17, 15) is 0 Å². The molecule has 0 atom stereocenters. The smallest absolute Gasteiger partial charge is 0.0465 e. The van der Waals surface area contributed by atoms with Crippen molar-refractivity contribution in [3.8, 4) is 22.3 Å². The summed E-state index contributed by atoms with van der Waals surface area (Å²) in [4.78, 5) is 4.78. The maximum Gasteiger partial charge on any atom is 0.0465 e. The van der Waals surface area contributed by atoms with Gasteiger partial charge in [0, 0.05) is 45.0 Å². The van der Waals surface area contributed by atoms with Gasteiger partial charge < -0.3 is 9.80 Å². The molecule has 2 nitrogen and oxygen atoms in total. The summed E-state index contributed by atoms with van der Waals surface area (Å²) in [5.41, 5.74) is 20.2. The third-order valence-electron chi connectivity index (χ3n) is 11.5. The second-order valence-electron chi connectivity index (χ2n) is 15.7. The summed E-state index contributed by atoms with van der Waals surface area (Å²) in [7, 11) is 0. The lowest BCUT2D eigenvalue weighted by atomic mass is 9.79. The molecule has 7 aromatic rings. The van der Waals surface area contributed by atoms with E-state index in [1.807, 2.05) is 0 Å². The average molecular weight is 673 g/mol. The number of para-hydroxylation sites is 2. The SMILES string of the molecule is Cc1cccc(N(c2ccccc2)c2ccc3c(c2)C(C)(C)c2cc4c(cc2-3)C(C)(C)c2cc(N(c3ccccc3)c3cccc(C)c3)ccc2-4)c1. The first-order valence-corrected chi connectivity index (χ1v) is 18.4. The molecule has 0 saturated heterocycles. The van der Waals surface area contributed by atoms with Crippen molar-refractivity contribution in [2.24, 2.45) is 0 Å². The Labute approximate surface area is 308 Å². The fourth-order valence-electron chi connectivity index (χ4n) is 8.80. The largest absolute Gasteiger partial charge is 0.310 e. The number of rotatable bonds is 6. The topological polar surface area (TPSA) is 6.48 Å². The van der Waals surface area contributed by atoms with E-state index in [-0.39, 0.29) is 10.8 Å². The number of aryl methyl sites for hydroxylation is 2. The molecule has 0 heterocycles. The molecule has 0 fully saturated rings. The Hall–Kier alpha value is -5.86. The van der Waals surface area contributed by atoms with Gasteiger partial charge in [0.15, 0.2) is 0 Å². The Balaban J connectivity index is 1.15. The van der Waals surface area contributed by atoms with Gasteiger partial charge in [0.25, 0.3) is 0 Å². The van der Waals surface area contributed by atoms with E-state index in [0.29, 0.717) is 0 Å². The van der Waals surface area contributed by atoms with E-state index in [0.717, 1.165) is 11.4 Å². The van der Waals surface area contributed by atoms with Crippen LogP contribution in [0.3, 0.4) is 0 Å². The van der Waals surface area contributed by atoms with Crippen molar-refractivity contribution in [3.63, 3.8) is 0 Å². The minimum absolute atomic E-state index is 0.160. The standard InChI is InChI=1S/C50H44N2/c1-33-15-13-21-37(27-33)51(35-17-9-7-10-18-35)39-23-25-41-43-31-48-44(32-47(43)49(3,4)45(41)29-39)42-26-24-40(30-46(42)50(48,5)6)52(36-19-11-8-12-20-36)38-22-14-16-34(2)28-38/h7-32H,1-6H3. The molecule has 0 amide bonds. The predicted molar refractivity (Wildman–Crippen MR) is 220 cm³/mol. The maximum atomic E-state index is 2.52. The molecule has 2 aliphatic carbocycles. The van der Waals surface area contributed by atoms with Gasteiger partial charge in [0.1, 0.15) is 0 Å². The molecule has 7 aromatic carbocycles. The molecule has 0 unspecified atom stereocenters. The van der Waals surface area contributed by atoms with Crippen LogP contribution in [0.4, 0.5) is 34.1 Å². The Kier molecular flexibility index (Phi) is 7.31. The number of fused-ring (bicyclic) bond motifs is 6. The molecule has 0 aromatic heterocycles. The second kappa shape index (κ2) is 11.9. The molecule has 2 aliphatic rings. The van der Waals surface area contributed by atoms with Crippen LogP contribution in [0.1, 0.15) is 61.1 Å². The van der Waals surface area contributed by atoms with Gasteiger partial charge in [-0.15, -0.1) is 0 Å². The Morgan fingerprint density at radius 1 is 0.308 bits per heavy atom. The third-order valence-corrected chi connectivity index (χ3v) is 11.5. The van der Waals surface area contributed by atoms with E-state index in [1.54, 1.807) is 0 Å². The highest BCUT2D eigenvalue weighted by molar-refractivity contribution is 5.92. The summed E-state index contributed by atoms with van der Waals surface area (Å²) >= 11 is 0. The quantitative estimate of drug-likeness (QED) is 0.173. The summed E-state index contributed by atoms with van der Waals surface area (Å²) in [6, 6.07) is 58.3. The van der Waals surface area contributed by atoms with Crippen LogP contribution in [0.15, 0.2) is 158 Å². The Bertz CT molecular complexity index is 2310. The van der Waals surface area contributed by atoms with Gasteiger partial charge in [-0.1, -0.05) is 100 Å². The lowest BCUT2D eigenvalue weighted by molar-refractivity contribution is 0.652. The van der Waals surface area contributed by atoms with Gasteiger partial charge in [-0.3, -0.25) is 0 Å². The van der Waals surface area contributed by atoms with Crippen LogP contribution in [0.5, 0.6) is 0 Å². The second-order valence-corrected chi connectivity index (χ2v) is 15.7. The molecular formula is C50H44N2. The summed E-state index contributed by atoms with van der Waals surface area (Å²) < 4.78 is 0. The van der Waals surface area contributed by atoms with Crippen LogP contribution in [0.25, 0.3) is 22.3 Å². The molecule has 0 spiro atoms. The minimum Gasteiger partial charge on any atom is -0.310 e. The van der Waals surface area contributed by atoms with Crippen molar-refractivity contribution >= 4 is 34.1 Å². The summed E-state index contributed by atoms with van der Waals surface area (Å²) in [6.45, 7) is 13.9. The number of anilines is 6. The molecule has 2 heteroatoms. The molecule has 52 heavy (non-hydrogen) atoms. The molecule has 0 N–H and O–H groups in total. The first kappa shape index (κ1) is 32.1. The predicted octanol–water partition coefficient (Wildman–Crippen LogP) is 13.9. The van der Waals surface area contributed by atoms with Gasteiger partial charge in [0.2, 0.25) is 0 Å². The van der Waals surface area contributed by atoms with Gasteiger partial charge in [0.05, 0.1) is 0 Å². The minimum atomic E-state index is -0.160. The van der Waals surface area contributed by atoms with Crippen LogP contribution in [0.2, 0.25) is 0 Å². The highest BCUT2D eigenvalue weighted by Crippen LogP contribution is 2.57. The lowest BCUT2D eigenvalue weighted by Gasteiger charge is -2.28. The molecule has 254 valence electrons. The zero-order chi connectivity index (χ0) is 35.8. The normalized spacial score (nSPS) is 14.3. The van der Waals surface area contributed by atoms with E-state index >= 15 is 0 Å². The van der Waals surface area contributed by atoms with E-state index in [4.69, 9.17) is 0 Å². The van der Waals surface area contributed by atoms with Crippen molar-refractivity contribution in [2.75, 3.05) is 9.80 Å². The third kappa shape index (κ3) is 5.00. The number of hydrogen-bond donors (Lipinski definition) is 0. The summed E-state index contributed by atoms with van der Waals surface area (Å²) in [5.74, 6) is 0. The van der Waals surface area contributed by atoms with E-state index < -0.39 is 0 Å². The molecule has 0 bridgehead atoms. The van der Waals surface area contributed by atoms with Gasteiger partial charge in [-0.25, -0.2) is 0 Å². The highest BCUT2D eigenvalue weighted by atomic mass is 15.1. The monoisotopic (exact) mass is 672 g/mol. The van der Waals surface area contributed by atoms with Crippen molar-refractivity contribution in [1.29, 1.82) is 0 Å². The van der Waals surface area contributed by atoms with Crippen LogP contribution >= 0.6 is 0 Å². The van der Waals surface area contributed by atoms with Crippen LogP contribution in [-0.2, 0) is 10.8 Å². The van der Waals surface area contributed by atoms with Crippen molar-refractivity contribution in [1.82, 2.24) is 0 Å². The van der Waals surface area contributed by atoms with Crippen molar-refractivity contribution in [3.05, 3.63) is 191 Å². The van der Waals surface area contributed by atoms with Gasteiger partial charge in [-0.2, -0.15) is 0 Å². The molecule has 0 aliphatic heterocycles. The van der Waals surface area contributed by atoms with Gasteiger partial charge >= 0.3 is 0 Å². The number of hydrogen-bond acceptors (Lipinski definition) is 2. The fourth-order valence-corrected chi connectivity index (χ4v) is 8.80. The summed E-state index contributed by atoms with van der Waals surface area (Å²) in [5, 5.41) is 0. The first-order valence-electron chi connectivity index (χ1n) is 18.4. The molecule has 0 saturated carbocycles. The number of benzene rings is 7. The zero-order valence-electron chi connectivity index (χ0n) is 30.9. The Morgan fingerprint density at radius 2 is 0.654 bits per heavy atom. The first-order chi connectivity index (χ1) is 25.1. The van der Waals surface area contributed by atoms with Crippen molar-refractivity contribution in [2.45, 2.75) is 52.4 Å². The maximum absolute atomic E-state index is 2.52. The zero-order valence-corrected chi connectivity index (χ0v) is 30.9. The Morgan fingerprint density at radius 3 is 1.04 bits per heavy atom. The van der Waals surface area contributed by atoms with E-state index in [1.165, 1.54) is 78.4 Å². The highest BCUT2D eigenvalue weighted by Gasteiger charge is 2.42. The number of nitrogens with zero attached hydrogens (tertiary/aromatic N) is 2. The summed E-state index contributed by atoms with van der Waals surface area (Å²) in [6.07, 6.45) is 0. The van der Waals surface area contributed by atoms with Crippen LogP contribution < -0.4 is 9.80 Å². The molecule has 0 radical (unpaired) electrons. The van der Waals surface area contributed by atoms with E-state index in [2.05, 4.69) is 209 Å². The molecule has 9 rings (SSSR count). The lowest BCUT2D eigenvalue weighted by Crippen LogP contribution is -2.18. The van der Waals surface area contributed by atoms with Crippen LogP contribution in [-0.4, -0.2) is 0 Å². The average Bonchev–Trinajstić information content (AvgIpc) is 3.50.